The third-order valence-corrected chi connectivity index (χ3v) is 2.58. The van der Waals surface area contributed by atoms with Crippen molar-refractivity contribution < 1.29 is 9.13 Å². The highest BCUT2D eigenvalue weighted by Gasteiger charge is 2.05. The van der Waals surface area contributed by atoms with Crippen LogP contribution in [-0.4, -0.2) is 30.0 Å². The first-order valence-corrected chi connectivity index (χ1v) is 5.79. The minimum atomic E-state index is -0.273. The van der Waals surface area contributed by atoms with Gasteiger partial charge in [-0.2, -0.15) is 5.10 Å². The molecule has 0 amide bonds. The molecule has 0 radical (unpaired) electrons. The SMILES string of the molecule is COCCNCc1ccc(-n2cccn2)c(F)c1. The first-order valence-electron chi connectivity index (χ1n) is 5.79. The molecule has 0 bridgehead atoms. The van der Waals surface area contributed by atoms with Gasteiger partial charge >= 0.3 is 0 Å². The summed E-state index contributed by atoms with van der Waals surface area (Å²) >= 11 is 0. The Morgan fingerprint density at radius 1 is 1.44 bits per heavy atom. The molecule has 96 valence electrons. The van der Waals surface area contributed by atoms with E-state index < -0.39 is 0 Å². The monoisotopic (exact) mass is 249 g/mol. The number of nitrogens with zero attached hydrogens (tertiary/aromatic N) is 2. The molecule has 0 spiro atoms. The highest BCUT2D eigenvalue weighted by atomic mass is 19.1. The first kappa shape index (κ1) is 12.7. The second-order valence-corrected chi connectivity index (χ2v) is 3.91. The van der Waals surface area contributed by atoms with E-state index in [1.165, 1.54) is 10.7 Å². The van der Waals surface area contributed by atoms with Crippen LogP contribution < -0.4 is 5.32 Å². The Morgan fingerprint density at radius 2 is 2.33 bits per heavy atom. The van der Waals surface area contributed by atoms with E-state index >= 15 is 0 Å². The molecule has 4 nitrogen and oxygen atoms in total. The van der Waals surface area contributed by atoms with Gasteiger partial charge in [-0.3, -0.25) is 0 Å². The van der Waals surface area contributed by atoms with Crippen LogP contribution >= 0.6 is 0 Å². The van der Waals surface area contributed by atoms with E-state index in [1.807, 2.05) is 6.07 Å². The molecule has 1 N–H and O–H groups in total. The van der Waals surface area contributed by atoms with Crippen LogP contribution in [0.4, 0.5) is 4.39 Å². The Kier molecular flexibility index (Phi) is 4.44. The number of nitrogens with one attached hydrogen (secondary N) is 1. The summed E-state index contributed by atoms with van der Waals surface area (Å²) in [4.78, 5) is 0. The van der Waals surface area contributed by atoms with E-state index in [0.717, 1.165) is 12.1 Å². The summed E-state index contributed by atoms with van der Waals surface area (Å²) in [5, 5.41) is 7.18. The van der Waals surface area contributed by atoms with Crippen LogP contribution in [0.3, 0.4) is 0 Å². The maximum absolute atomic E-state index is 13.9. The van der Waals surface area contributed by atoms with Crippen molar-refractivity contribution >= 4 is 0 Å². The summed E-state index contributed by atoms with van der Waals surface area (Å²) in [7, 11) is 1.65. The van der Waals surface area contributed by atoms with Crippen molar-refractivity contribution in [3.05, 3.63) is 48.0 Å². The number of aromatic nitrogens is 2. The molecule has 0 aliphatic heterocycles. The van der Waals surface area contributed by atoms with Crippen molar-refractivity contribution in [3.8, 4) is 5.69 Å². The summed E-state index contributed by atoms with van der Waals surface area (Å²) in [6, 6.07) is 6.91. The highest BCUT2D eigenvalue weighted by molar-refractivity contribution is 5.35. The Hall–Kier alpha value is -1.72. The zero-order valence-corrected chi connectivity index (χ0v) is 10.3. The van der Waals surface area contributed by atoms with Crippen molar-refractivity contribution in [2.45, 2.75) is 6.54 Å². The number of hydrogen-bond donors (Lipinski definition) is 1. The Balaban J connectivity index is 2.01. The molecule has 0 saturated carbocycles. The third-order valence-electron chi connectivity index (χ3n) is 2.58. The lowest BCUT2D eigenvalue weighted by Gasteiger charge is -2.07. The van der Waals surface area contributed by atoms with E-state index in [-0.39, 0.29) is 5.82 Å². The van der Waals surface area contributed by atoms with Gasteiger partial charge in [0.2, 0.25) is 0 Å². The number of methoxy groups -OCH3 is 1. The lowest BCUT2D eigenvalue weighted by molar-refractivity contribution is 0.199. The van der Waals surface area contributed by atoms with Crippen molar-refractivity contribution in [1.29, 1.82) is 0 Å². The second kappa shape index (κ2) is 6.28. The minimum Gasteiger partial charge on any atom is -0.383 e. The summed E-state index contributed by atoms with van der Waals surface area (Å²) in [5.41, 5.74) is 1.36. The molecular formula is C13H16FN3O. The quantitative estimate of drug-likeness (QED) is 0.793. The normalized spacial score (nSPS) is 10.8. The second-order valence-electron chi connectivity index (χ2n) is 3.91. The molecule has 18 heavy (non-hydrogen) atoms. The topological polar surface area (TPSA) is 39.1 Å². The molecule has 1 aromatic heterocycles. The maximum atomic E-state index is 13.9. The number of hydrogen-bond acceptors (Lipinski definition) is 3. The lowest BCUT2D eigenvalue weighted by Crippen LogP contribution is -2.18. The molecule has 1 aromatic carbocycles. The number of rotatable bonds is 6. The van der Waals surface area contributed by atoms with Gasteiger partial charge in [0.25, 0.3) is 0 Å². The van der Waals surface area contributed by atoms with E-state index in [1.54, 1.807) is 31.6 Å². The molecule has 0 fully saturated rings. The Morgan fingerprint density at radius 3 is 3.00 bits per heavy atom. The molecule has 0 aliphatic rings. The van der Waals surface area contributed by atoms with Gasteiger partial charge in [0.15, 0.2) is 0 Å². The fourth-order valence-corrected chi connectivity index (χ4v) is 1.66. The molecule has 2 aromatic rings. The lowest BCUT2D eigenvalue weighted by atomic mass is 10.2. The number of halogens is 1. The van der Waals surface area contributed by atoms with E-state index in [4.69, 9.17) is 4.74 Å². The number of benzene rings is 1. The van der Waals surface area contributed by atoms with Gasteiger partial charge in [-0.05, 0) is 23.8 Å². The molecule has 0 atom stereocenters. The van der Waals surface area contributed by atoms with Gasteiger partial charge in [-0.1, -0.05) is 6.07 Å². The molecule has 0 saturated heterocycles. The molecule has 0 aliphatic carbocycles. The minimum absolute atomic E-state index is 0.273. The van der Waals surface area contributed by atoms with Crippen molar-refractivity contribution in [2.24, 2.45) is 0 Å². The fourth-order valence-electron chi connectivity index (χ4n) is 1.66. The third kappa shape index (κ3) is 3.15. The molecular weight excluding hydrogens is 233 g/mol. The van der Waals surface area contributed by atoms with Crippen LogP contribution in [0.2, 0.25) is 0 Å². The molecule has 1 heterocycles. The van der Waals surface area contributed by atoms with E-state index in [9.17, 15) is 4.39 Å². The van der Waals surface area contributed by atoms with Crippen LogP contribution in [0.25, 0.3) is 5.69 Å². The van der Waals surface area contributed by atoms with E-state index in [2.05, 4.69) is 10.4 Å². The van der Waals surface area contributed by atoms with Gasteiger partial charge < -0.3 is 10.1 Å². The van der Waals surface area contributed by atoms with Crippen LogP contribution in [-0.2, 0) is 11.3 Å². The van der Waals surface area contributed by atoms with Crippen LogP contribution in [0.5, 0.6) is 0 Å². The zero-order chi connectivity index (χ0) is 12.8. The summed E-state index contributed by atoms with van der Waals surface area (Å²) < 4.78 is 20.3. The van der Waals surface area contributed by atoms with Crippen molar-refractivity contribution in [3.63, 3.8) is 0 Å². The Labute approximate surface area is 105 Å². The van der Waals surface area contributed by atoms with Crippen LogP contribution in [0.15, 0.2) is 36.7 Å². The van der Waals surface area contributed by atoms with Gasteiger partial charge in [-0.25, -0.2) is 9.07 Å². The van der Waals surface area contributed by atoms with Crippen LogP contribution in [0, 0.1) is 5.82 Å². The highest BCUT2D eigenvalue weighted by Crippen LogP contribution is 2.14. The predicted molar refractivity (Wildman–Crippen MR) is 67.1 cm³/mol. The maximum Gasteiger partial charge on any atom is 0.149 e. The average Bonchev–Trinajstić information content (AvgIpc) is 2.88. The van der Waals surface area contributed by atoms with Gasteiger partial charge in [0.1, 0.15) is 11.5 Å². The Bertz CT molecular complexity index is 485. The summed E-state index contributed by atoms with van der Waals surface area (Å²) in [6.07, 6.45) is 3.34. The summed E-state index contributed by atoms with van der Waals surface area (Å²) in [5.74, 6) is -0.273. The van der Waals surface area contributed by atoms with Gasteiger partial charge in [-0.15, -0.1) is 0 Å². The van der Waals surface area contributed by atoms with E-state index in [0.29, 0.717) is 18.8 Å². The van der Waals surface area contributed by atoms with Crippen LogP contribution in [0.1, 0.15) is 5.56 Å². The fraction of sp³-hybridized carbons (Fsp3) is 0.308. The molecule has 2 rings (SSSR count). The largest absolute Gasteiger partial charge is 0.383 e. The van der Waals surface area contributed by atoms with Gasteiger partial charge in [0, 0.05) is 32.6 Å². The van der Waals surface area contributed by atoms with Crippen molar-refractivity contribution in [1.82, 2.24) is 15.1 Å². The molecule has 0 unspecified atom stereocenters. The standard InChI is InChI=1S/C13H16FN3O/c1-18-8-6-15-10-11-3-4-13(12(14)9-11)17-7-2-5-16-17/h2-5,7,9,15H,6,8,10H2,1H3. The first-order chi connectivity index (χ1) is 8.81. The molecule has 5 heteroatoms. The van der Waals surface area contributed by atoms with Crippen molar-refractivity contribution in [2.75, 3.05) is 20.3 Å². The average molecular weight is 249 g/mol. The predicted octanol–water partition coefficient (Wildman–Crippen LogP) is 1.75. The van der Waals surface area contributed by atoms with Gasteiger partial charge in [0.05, 0.1) is 6.61 Å². The zero-order valence-electron chi connectivity index (χ0n) is 10.3. The summed E-state index contributed by atoms with van der Waals surface area (Å²) in [6.45, 7) is 2.02. The number of ether oxygens (including phenoxy) is 1. The smallest absolute Gasteiger partial charge is 0.149 e.